The maximum Gasteiger partial charge on any atom is 0.339 e. The van der Waals surface area contributed by atoms with E-state index in [4.69, 9.17) is 9.47 Å². The molecule has 13 rings (SSSR count). The topological polar surface area (TPSA) is 348 Å². The van der Waals surface area contributed by atoms with Crippen LogP contribution >= 0.6 is 79.1 Å². The number of amides is 3. The number of thiazole rings is 1. The highest BCUT2D eigenvalue weighted by molar-refractivity contribution is 14.1. The number of ketones is 3. The third kappa shape index (κ3) is 18.3. The number of rotatable bonds is 26. The summed E-state index contributed by atoms with van der Waals surface area (Å²) in [5.41, 5.74) is 9.87. The van der Waals surface area contributed by atoms with Gasteiger partial charge in [0.15, 0.2) is 16.6 Å². The number of aromatic nitrogens is 4. The molecule has 3 amide bonds. The summed E-state index contributed by atoms with van der Waals surface area (Å²) in [5.74, 6) is -4.02. The molecule has 5 heterocycles. The van der Waals surface area contributed by atoms with Crippen LogP contribution in [-0.2, 0) is 75.7 Å². The average molecular weight is 1800 g/mol. The standard InChI is InChI=1S/C28H31IN2O5.C27H21IN2O7.C24H20IN3O5S/c1-3-11-31(16-17-7-8-17)25(34)10-9-20(32)13-18-5-4-6-19(12-18)27-26(29)21-14-22(28(35)36)24(33)15-23(21)30(27)2;1-30-19-11-20(31)18(27(34)35)10-17(19)24(28)25(30)16-4-2-3-14(7-16)8-21(32)26(33)29-12-15-5-6-22-23(9-15)37-13-36-22;1-28-18-12-19(30)17(23(32)33)11-16(18)21(25)22(28)14-4-2-3-13(9-14)10-15(29)5-6-20(31)27-24-26-7-8-34-24/h4-6,12,14-15,17,33H,3,7-11,13,16H2,1-2H3,(H,35,36);2-7,9-11,31H,8,12-13H2,1H3,(H,29,33)(H,34,35);2-4,7-9,11-12,30H,5-6,10H2,1H3,(H,32,33)(H,26,27,31). The Morgan fingerprint density at radius 1 is 0.551 bits per heavy atom. The first-order valence-electron chi connectivity index (χ1n) is 33.9. The number of aromatic hydroxyl groups is 3. The quantitative estimate of drug-likeness (QED) is 0.0184. The van der Waals surface area contributed by atoms with Crippen molar-refractivity contribution in [2.45, 2.75) is 77.7 Å². The van der Waals surface area contributed by atoms with Crippen molar-refractivity contribution in [3.05, 3.63) is 189 Å². The number of benzene rings is 7. The monoisotopic (exact) mass is 1800 g/mol. The number of phenols is 3. The zero-order chi connectivity index (χ0) is 76.7. The van der Waals surface area contributed by atoms with Crippen LogP contribution in [0, 0.1) is 16.6 Å². The third-order valence-electron chi connectivity index (χ3n) is 18.3. The Morgan fingerprint density at radius 2 is 1.00 bits per heavy atom. The average Bonchev–Trinajstić information content (AvgIpc) is 1.62. The van der Waals surface area contributed by atoms with Crippen LogP contribution in [0.25, 0.3) is 66.5 Å². The van der Waals surface area contributed by atoms with Gasteiger partial charge in [-0.25, -0.2) is 19.4 Å². The minimum atomic E-state index is -1.21. The fourth-order valence-electron chi connectivity index (χ4n) is 12.8. The van der Waals surface area contributed by atoms with E-state index in [9.17, 15) is 73.8 Å². The summed E-state index contributed by atoms with van der Waals surface area (Å²) in [6, 6.07) is 36.7. The van der Waals surface area contributed by atoms with Crippen molar-refractivity contribution in [1.29, 1.82) is 0 Å². The van der Waals surface area contributed by atoms with Crippen LogP contribution in [0.3, 0.4) is 0 Å². The number of nitrogens with one attached hydrogen (secondary N) is 2. The fraction of sp³-hybridized carbons (Fsp3) is 0.241. The van der Waals surface area contributed by atoms with Gasteiger partial charge in [0.25, 0.3) is 5.91 Å². The summed E-state index contributed by atoms with van der Waals surface area (Å²) in [5, 5.41) is 68.3. The first kappa shape index (κ1) is 77.9. The van der Waals surface area contributed by atoms with Crippen LogP contribution in [-0.4, -0.2) is 127 Å². The lowest BCUT2D eigenvalue weighted by atomic mass is 10.0. The predicted molar refractivity (Wildman–Crippen MR) is 428 cm³/mol. The summed E-state index contributed by atoms with van der Waals surface area (Å²) < 4.78 is 18.8. The number of carboxylic acids is 3. The summed E-state index contributed by atoms with van der Waals surface area (Å²) >= 11 is 7.83. The number of aromatic carboxylic acids is 3. The Hall–Kier alpha value is -10.2. The van der Waals surface area contributed by atoms with Crippen molar-refractivity contribution in [3.63, 3.8) is 0 Å². The van der Waals surface area contributed by atoms with Crippen LogP contribution < -0.4 is 20.1 Å². The van der Waals surface area contributed by atoms with Crippen molar-refractivity contribution >= 4 is 170 Å². The second-order valence-corrected chi connectivity index (χ2v) is 30.0. The molecule has 2 aliphatic rings. The summed E-state index contributed by atoms with van der Waals surface area (Å²) in [6.07, 6.45) is 5.99. The number of carboxylic acid groups (broad SMARTS) is 3. The molecule has 0 saturated heterocycles. The molecule has 0 unspecified atom stereocenters. The molecule has 1 aliphatic heterocycles. The first-order valence-corrected chi connectivity index (χ1v) is 38.0. The fourth-order valence-corrected chi connectivity index (χ4v) is 16.7. The smallest absolute Gasteiger partial charge is 0.339 e. The highest BCUT2D eigenvalue weighted by Gasteiger charge is 2.28. The van der Waals surface area contributed by atoms with Crippen molar-refractivity contribution in [3.8, 4) is 62.5 Å². The molecule has 11 aromatic rings. The van der Waals surface area contributed by atoms with E-state index < -0.39 is 29.6 Å². The Bertz CT molecular complexity index is 5370. The second-order valence-electron chi connectivity index (χ2n) is 25.9. The van der Waals surface area contributed by atoms with Gasteiger partial charge in [-0.1, -0.05) is 67.6 Å². The number of carbonyl (C=O) groups is 9. The van der Waals surface area contributed by atoms with E-state index in [-0.39, 0.29) is 116 Å². The zero-order valence-corrected chi connectivity index (χ0v) is 65.5. The molecule has 8 N–H and O–H groups in total. The van der Waals surface area contributed by atoms with Crippen LogP contribution in [0.5, 0.6) is 28.7 Å². The number of anilines is 1. The lowest BCUT2D eigenvalue weighted by molar-refractivity contribution is -0.137. The van der Waals surface area contributed by atoms with Crippen molar-refractivity contribution in [2.24, 2.45) is 27.1 Å². The summed E-state index contributed by atoms with van der Waals surface area (Å²) in [6.45, 7) is 3.97. The van der Waals surface area contributed by atoms with Gasteiger partial charge >= 0.3 is 17.9 Å². The van der Waals surface area contributed by atoms with Gasteiger partial charge in [0.2, 0.25) is 24.4 Å². The van der Waals surface area contributed by atoms with E-state index >= 15 is 0 Å². The Labute approximate surface area is 657 Å². The Balaban J connectivity index is 0.000000160. The van der Waals surface area contributed by atoms with Gasteiger partial charge in [0.1, 0.15) is 45.5 Å². The molecule has 24 nitrogen and oxygen atoms in total. The molecular formula is C79H72I3N7O17S. The summed E-state index contributed by atoms with van der Waals surface area (Å²) in [4.78, 5) is 115. The maximum atomic E-state index is 12.7. The number of aryl methyl sites for hydroxylation is 3. The lowest BCUT2D eigenvalue weighted by Crippen LogP contribution is -2.33. The number of hydrogen-bond donors (Lipinski definition) is 8. The Morgan fingerprint density at radius 3 is 1.43 bits per heavy atom. The molecule has 1 aliphatic carbocycles. The molecule has 0 radical (unpaired) electrons. The lowest BCUT2D eigenvalue weighted by Gasteiger charge is -2.22. The van der Waals surface area contributed by atoms with Crippen molar-refractivity contribution in [2.75, 3.05) is 25.2 Å². The molecule has 0 atom stereocenters. The molecule has 1 saturated carbocycles. The van der Waals surface area contributed by atoms with Crippen LogP contribution in [0.1, 0.15) is 105 Å². The number of halogens is 3. The van der Waals surface area contributed by atoms with E-state index in [1.807, 2.05) is 100 Å². The van der Waals surface area contributed by atoms with E-state index in [1.165, 1.54) is 60.6 Å². The molecule has 4 aromatic heterocycles. The van der Waals surface area contributed by atoms with E-state index in [1.54, 1.807) is 41.9 Å². The molecule has 7 aromatic carbocycles. The van der Waals surface area contributed by atoms with E-state index in [2.05, 4.69) is 90.3 Å². The largest absolute Gasteiger partial charge is 0.507 e. The molecule has 28 heteroatoms. The predicted octanol–water partition coefficient (Wildman–Crippen LogP) is 14.2. The number of carbonyl (C=O) groups excluding carboxylic acids is 6. The van der Waals surface area contributed by atoms with E-state index in [0.29, 0.717) is 44.5 Å². The first-order chi connectivity index (χ1) is 51.2. The molecule has 552 valence electrons. The maximum absolute atomic E-state index is 12.7. The highest BCUT2D eigenvalue weighted by atomic mass is 127. The number of fused-ring (bicyclic) bond motifs is 4. The Kier molecular flexibility index (Phi) is 24.9. The van der Waals surface area contributed by atoms with Crippen LogP contribution in [0.4, 0.5) is 5.13 Å². The minimum absolute atomic E-state index is 0.0335. The number of ether oxygens (including phenoxy) is 2. The molecule has 1 fully saturated rings. The molecule has 0 spiro atoms. The van der Waals surface area contributed by atoms with Crippen molar-refractivity contribution in [1.82, 2.24) is 28.9 Å². The normalized spacial score (nSPS) is 12.1. The molecule has 0 bridgehead atoms. The second kappa shape index (κ2) is 34.1. The zero-order valence-electron chi connectivity index (χ0n) is 58.2. The number of Topliss-reactive ketones (excluding diaryl/α,β-unsaturated/α-hetero) is 3. The van der Waals surface area contributed by atoms with Gasteiger partial charge in [0, 0.05) is 142 Å². The van der Waals surface area contributed by atoms with Gasteiger partial charge in [-0.3, -0.25) is 28.8 Å². The highest BCUT2D eigenvalue weighted by Crippen LogP contribution is 2.42. The number of hydrogen-bond acceptors (Lipinski definition) is 16. The summed E-state index contributed by atoms with van der Waals surface area (Å²) in [7, 11) is 5.53. The van der Waals surface area contributed by atoms with Gasteiger partial charge in [-0.15, -0.1) is 11.3 Å². The van der Waals surface area contributed by atoms with Crippen LogP contribution in [0.2, 0.25) is 0 Å². The van der Waals surface area contributed by atoms with Gasteiger partial charge < -0.3 is 69.3 Å². The van der Waals surface area contributed by atoms with Gasteiger partial charge in [-0.2, -0.15) is 0 Å². The van der Waals surface area contributed by atoms with Gasteiger partial charge in [-0.05, 0) is 180 Å². The third-order valence-corrected chi connectivity index (χ3v) is 22.3. The van der Waals surface area contributed by atoms with Gasteiger partial charge in [0.05, 0.1) is 33.6 Å². The SMILES string of the molecule is CCCN(CC1CC1)C(=O)CCC(=O)Cc1cccc(-c2c(I)c3cc(C(=O)O)c(O)cc3n2C)c1.Cn1c(-c2cccc(CC(=O)C(=O)NCc3ccc4c(c3)OCO4)c2)c(I)c2cc(C(=O)O)c(O)cc21.Cn1c(-c2cccc(CC(=O)CCC(=O)Nc3nccs3)c2)c(I)c2cc(C(=O)O)c(O)cc21. The molecule has 107 heavy (non-hydrogen) atoms. The minimum Gasteiger partial charge on any atom is -0.507 e. The van der Waals surface area contributed by atoms with Crippen molar-refractivity contribution < 1.29 is 83.3 Å². The number of nitrogens with zero attached hydrogens (tertiary/aromatic N) is 5. The molecular weight excluding hydrogens is 1730 g/mol. The van der Waals surface area contributed by atoms with E-state index in [0.717, 1.165) is 97.0 Å². The van der Waals surface area contributed by atoms with Crippen LogP contribution in [0.15, 0.2) is 139 Å².